The van der Waals surface area contributed by atoms with E-state index in [1.807, 2.05) is 4.90 Å². The van der Waals surface area contributed by atoms with Crippen molar-refractivity contribution in [2.24, 2.45) is 5.92 Å². The number of hydrogen-bond acceptors (Lipinski definition) is 3. The van der Waals surface area contributed by atoms with E-state index < -0.39 is 0 Å². The summed E-state index contributed by atoms with van der Waals surface area (Å²) in [6, 6.07) is 0.278. The van der Waals surface area contributed by atoms with Crippen molar-refractivity contribution in [2.45, 2.75) is 31.7 Å². The Kier molecular flexibility index (Phi) is 3.14. The number of rotatable bonds is 2. The van der Waals surface area contributed by atoms with Crippen LogP contribution in [0.5, 0.6) is 0 Å². The lowest BCUT2D eigenvalue weighted by atomic mass is 9.90. The maximum absolute atomic E-state index is 11.9. The Morgan fingerprint density at radius 2 is 2.25 bits per heavy atom. The van der Waals surface area contributed by atoms with E-state index in [0.29, 0.717) is 6.42 Å². The molecule has 0 aliphatic carbocycles. The topological polar surface area (TPSA) is 49.9 Å². The molecule has 2 unspecified atom stereocenters. The number of fused-ring (bicyclic) bond motifs is 1. The molecule has 0 bridgehead atoms. The third kappa shape index (κ3) is 1.91. The Morgan fingerprint density at radius 1 is 1.50 bits per heavy atom. The zero-order valence-electron chi connectivity index (χ0n) is 9.81. The highest BCUT2D eigenvalue weighted by molar-refractivity contribution is 5.81. The Hall–Kier alpha value is -1.10. The molecule has 0 radical (unpaired) electrons. The maximum atomic E-state index is 11.9. The average molecular weight is 226 g/mol. The fourth-order valence-corrected chi connectivity index (χ4v) is 2.66. The first-order chi connectivity index (χ1) is 7.63. The highest BCUT2D eigenvalue weighted by atomic mass is 16.7. The Balaban J connectivity index is 1.96. The molecule has 90 valence electrons. The minimum atomic E-state index is 0.0112. The van der Waals surface area contributed by atoms with Gasteiger partial charge in [0.25, 0.3) is 0 Å². The van der Waals surface area contributed by atoms with Crippen LogP contribution in [-0.2, 0) is 14.4 Å². The number of carbonyl (C=O) groups is 2. The predicted molar refractivity (Wildman–Crippen MR) is 57.2 cm³/mol. The summed E-state index contributed by atoms with van der Waals surface area (Å²) in [5.74, 6) is 0.287. The molecule has 0 N–H and O–H groups in total. The van der Waals surface area contributed by atoms with E-state index in [-0.39, 0.29) is 23.8 Å². The standard InChI is InChI=1S/C11H18N2O3/c1-12(16-2)11(15)8-5-6-13-9(7-8)3-4-10(13)14/h8-9H,3-7H2,1-2H3. The molecule has 5 heteroatoms. The van der Waals surface area contributed by atoms with Crippen molar-refractivity contribution >= 4 is 11.8 Å². The first-order valence-corrected chi connectivity index (χ1v) is 5.74. The molecule has 0 aromatic carbocycles. The molecule has 2 heterocycles. The van der Waals surface area contributed by atoms with Crippen LogP contribution in [0.1, 0.15) is 25.7 Å². The van der Waals surface area contributed by atoms with E-state index >= 15 is 0 Å². The molecule has 0 aromatic rings. The summed E-state index contributed by atoms with van der Waals surface area (Å²) in [7, 11) is 3.13. The summed E-state index contributed by atoms with van der Waals surface area (Å²) in [4.78, 5) is 30.2. The molecule has 0 aromatic heterocycles. The Bertz CT molecular complexity index is 306. The summed E-state index contributed by atoms with van der Waals surface area (Å²) >= 11 is 0. The highest BCUT2D eigenvalue weighted by Crippen LogP contribution is 2.31. The van der Waals surface area contributed by atoms with Gasteiger partial charge in [-0.15, -0.1) is 0 Å². The van der Waals surface area contributed by atoms with Crippen molar-refractivity contribution in [3.05, 3.63) is 0 Å². The van der Waals surface area contributed by atoms with Gasteiger partial charge in [-0.2, -0.15) is 0 Å². The van der Waals surface area contributed by atoms with E-state index in [1.54, 1.807) is 7.05 Å². The van der Waals surface area contributed by atoms with Crippen molar-refractivity contribution in [3.8, 4) is 0 Å². The lowest BCUT2D eigenvalue weighted by Crippen LogP contribution is -2.45. The highest BCUT2D eigenvalue weighted by Gasteiger charge is 2.39. The van der Waals surface area contributed by atoms with Gasteiger partial charge in [0.2, 0.25) is 11.8 Å². The van der Waals surface area contributed by atoms with Gasteiger partial charge >= 0.3 is 0 Å². The minimum Gasteiger partial charge on any atom is -0.340 e. The van der Waals surface area contributed by atoms with Gasteiger partial charge in [0.05, 0.1) is 7.11 Å². The monoisotopic (exact) mass is 226 g/mol. The van der Waals surface area contributed by atoms with Crippen LogP contribution < -0.4 is 0 Å². The van der Waals surface area contributed by atoms with Crippen molar-refractivity contribution in [3.63, 3.8) is 0 Å². The van der Waals surface area contributed by atoms with Crippen LogP contribution in [0.15, 0.2) is 0 Å². The molecular weight excluding hydrogens is 208 g/mol. The van der Waals surface area contributed by atoms with E-state index in [4.69, 9.17) is 4.84 Å². The van der Waals surface area contributed by atoms with Gasteiger partial charge in [0, 0.05) is 32.0 Å². The quantitative estimate of drug-likeness (QED) is 0.641. The lowest BCUT2D eigenvalue weighted by Gasteiger charge is -2.35. The normalized spacial score (nSPS) is 29.1. The molecule has 2 rings (SSSR count). The van der Waals surface area contributed by atoms with Gasteiger partial charge < -0.3 is 4.90 Å². The Morgan fingerprint density at radius 3 is 2.94 bits per heavy atom. The Labute approximate surface area is 95.3 Å². The predicted octanol–water partition coefficient (Wildman–Crippen LogP) is 0.407. The van der Waals surface area contributed by atoms with E-state index in [2.05, 4.69) is 0 Å². The minimum absolute atomic E-state index is 0.0112. The van der Waals surface area contributed by atoms with Crippen LogP contribution in [0, 0.1) is 5.92 Å². The van der Waals surface area contributed by atoms with E-state index in [1.165, 1.54) is 12.2 Å². The van der Waals surface area contributed by atoms with Crippen LogP contribution in [0.25, 0.3) is 0 Å². The van der Waals surface area contributed by atoms with Crippen LogP contribution in [0.4, 0.5) is 0 Å². The van der Waals surface area contributed by atoms with Crippen molar-refractivity contribution in [1.29, 1.82) is 0 Å². The van der Waals surface area contributed by atoms with Gasteiger partial charge in [-0.05, 0) is 19.3 Å². The van der Waals surface area contributed by atoms with Crippen LogP contribution in [0.2, 0.25) is 0 Å². The zero-order valence-corrected chi connectivity index (χ0v) is 9.81. The number of hydroxylamine groups is 2. The van der Waals surface area contributed by atoms with Gasteiger partial charge in [-0.3, -0.25) is 14.4 Å². The van der Waals surface area contributed by atoms with Crippen LogP contribution in [0.3, 0.4) is 0 Å². The number of amides is 2. The van der Waals surface area contributed by atoms with Gasteiger partial charge in [0.1, 0.15) is 0 Å². The second-order valence-electron chi connectivity index (χ2n) is 4.52. The van der Waals surface area contributed by atoms with Crippen LogP contribution in [-0.4, -0.2) is 48.5 Å². The van der Waals surface area contributed by atoms with Crippen molar-refractivity contribution < 1.29 is 14.4 Å². The smallest absolute Gasteiger partial charge is 0.249 e. The summed E-state index contributed by atoms with van der Waals surface area (Å²) in [6.45, 7) is 0.720. The summed E-state index contributed by atoms with van der Waals surface area (Å²) in [5, 5.41) is 1.29. The van der Waals surface area contributed by atoms with Crippen molar-refractivity contribution in [1.82, 2.24) is 9.96 Å². The second kappa shape index (κ2) is 4.41. The van der Waals surface area contributed by atoms with Gasteiger partial charge in [0.15, 0.2) is 0 Å². The molecule has 2 atom stereocenters. The molecule has 16 heavy (non-hydrogen) atoms. The first kappa shape index (κ1) is 11.4. The lowest BCUT2D eigenvalue weighted by molar-refractivity contribution is -0.175. The first-order valence-electron chi connectivity index (χ1n) is 5.74. The molecule has 0 saturated carbocycles. The molecule has 2 amide bonds. The van der Waals surface area contributed by atoms with Gasteiger partial charge in [-0.1, -0.05) is 0 Å². The van der Waals surface area contributed by atoms with Crippen LogP contribution >= 0.6 is 0 Å². The second-order valence-corrected chi connectivity index (χ2v) is 4.52. The van der Waals surface area contributed by atoms with Gasteiger partial charge in [-0.25, -0.2) is 5.06 Å². The third-order valence-corrected chi connectivity index (χ3v) is 3.66. The average Bonchev–Trinajstić information content (AvgIpc) is 2.68. The van der Waals surface area contributed by atoms with E-state index in [0.717, 1.165) is 25.8 Å². The number of carbonyl (C=O) groups excluding carboxylic acids is 2. The third-order valence-electron chi connectivity index (χ3n) is 3.66. The summed E-state index contributed by atoms with van der Waals surface area (Å²) in [5.41, 5.74) is 0. The number of nitrogens with zero attached hydrogens (tertiary/aromatic N) is 2. The molecular formula is C11H18N2O3. The fourth-order valence-electron chi connectivity index (χ4n) is 2.66. The maximum Gasteiger partial charge on any atom is 0.249 e. The zero-order chi connectivity index (χ0) is 11.7. The fraction of sp³-hybridized carbons (Fsp3) is 0.818. The molecule has 2 aliphatic heterocycles. The molecule has 2 aliphatic rings. The van der Waals surface area contributed by atoms with Crippen molar-refractivity contribution in [2.75, 3.05) is 20.7 Å². The SMILES string of the molecule is CON(C)C(=O)C1CCN2C(=O)CCC2C1. The summed E-state index contributed by atoms with van der Waals surface area (Å²) < 4.78 is 0. The van der Waals surface area contributed by atoms with E-state index in [9.17, 15) is 9.59 Å². The molecule has 5 nitrogen and oxygen atoms in total. The largest absolute Gasteiger partial charge is 0.340 e. The number of piperidine rings is 1. The molecule has 2 saturated heterocycles. The molecule has 2 fully saturated rings. The molecule has 0 spiro atoms. The number of hydrogen-bond donors (Lipinski definition) is 0. The summed E-state index contributed by atoms with van der Waals surface area (Å²) in [6.07, 6.45) is 3.10.